The normalized spacial score (nSPS) is 28.4. The van der Waals surface area contributed by atoms with Gasteiger partial charge in [0.05, 0.1) is 6.61 Å². The molecule has 1 aromatic rings. The fraction of sp³-hybridized carbons (Fsp3) is 0.684. The summed E-state index contributed by atoms with van der Waals surface area (Å²) < 4.78 is 5.36. The number of ether oxygens (including phenoxy) is 1. The number of benzene rings is 1. The molecule has 2 heteroatoms. The molecule has 118 valence electrons. The van der Waals surface area contributed by atoms with Gasteiger partial charge in [0.2, 0.25) is 0 Å². The largest absolute Gasteiger partial charge is 0.396 e. The second kappa shape index (κ2) is 6.10. The Hall–Kier alpha value is -0.860. The lowest BCUT2D eigenvalue weighted by molar-refractivity contribution is 0.169. The Kier molecular flexibility index (Phi) is 4.79. The zero-order chi connectivity index (χ0) is 15.8. The van der Waals surface area contributed by atoms with Crippen LogP contribution in [0.1, 0.15) is 63.1 Å². The Bertz CT molecular complexity index is 466. The molecule has 0 amide bonds. The monoisotopic (exact) mass is 290 g/mol. The van der Waals surface area contributed by atoms with Crippen molar-refractivity contribution >= 4 is 0 Å². The van der Waals surface area contributed by atoms with Crippen molar-refractivity contribution in [2.45, 2.75) is 51.9 Å². The Morgan fingerprint density at radius 3 is 1.95 bits per heavy atom. The van der Waals surface area contributed by atoms with Gasteiger partial charge in [0, 0.05) is 19.1 Å². The molecule has 21 heavy (non-hydrogen) atoms. The molecule has 1 fully saturated rings. The van der Waals surface area contributed by atoms with E-state index in [4.69, 9.17) is 4.74 Å². The molecule has 1 N–H and O–H groups in total. The second-order valence-electron chi connectivity index (χ2n) is 7.33. The van der Waals surface area contributed by atoms with E-state index in [1.54, 1.807) is 7.11 Å². The van der Waals surface area contributed by atoms with E-state index in [1.165, 1.54) is 16.7 Å². The number of hydrogen-bond donors (Lipinski definition) is 1. The van der Waals surface area contributed by atoms with Crippen molar-refractivity contribution in [3.63, 3.8) is 0 Å². The molecular weight excluding hydrogens is 260 g/mol. The van der Waals surface area contributed by atoms with Gasteiger partial charge >= 0.3 is 0 Å². The van der Waals surface area contributed by atoms with Gasteiger partial charge in [-0.05, 0) is 40.4 Å². The maximum absolute atomic E-state index is 9.70. The summed E-state index contributed by atoms with van der Waals surface area (Å²) in [4.78, 5) is 0. The fourth-order valence-electron chi connectivity index (χ4n) is 3.57. The van der Waals surface area contributed by atoms with Crippen LogP contribution in [0.5, 0.6) is 0 Å². The number of methoxy groups -OCH3 is 1. The third-order valence-corrected chi connectivity index (χ3v) is 5.39. The maximum atomic E-state index is 9.70. The molecule has 1 aromatic carbocycles. The van der Waals surface area contributed by atoms with Gasteiger partial charge in [0.1, 0.15) is 0 Å². The van der Waals surface area contributed by atoms with Crippen molar-refractivity contribution in [2.24, 2.45) is 11.8 Å². The van der Waals surface area contributed by atoms with Crippen LogP contribution in [0, 0.1) is 11.8 Å². The van der Waals surface area contributed by atoms with Crippen LogP contribution in [0.25, 0.3) is 0 Å². The lowest BCUT2D eigenvalue weighted by atomic mass is 9.86. The second-order valence-corrected chi connectivity index (χ2v) is 7.33. The first-order chi connectivity index (χ1) is 9.86. The molecule has 2 nitrogen and oxygen atoms in total. The molecule has 3 atom stereocenters. The predicted molar refractivity (Wildman–Crippen MR) is 87.9 cm³/mol. The van der Waals surface area contributed by atoms with Gasteiger partial charge in [-0.3, -0.25) is 0 Å². The Labute approximate surface area is 129 Å². The van der Waals surface area contributed by atoms with Gasteiger partial charge in [-0.2, -0.15) is 0 Å². The molecule has 1 aliphatic carbocycles. The number of aliphatic hydroxyl groups excluding tert-OH is 1. The zero-order valence-electron chi connectivity index (χ0n) is 14.3. The SMILES string of the molecule is COC[C@@H]1[C@@H](CO)[C@@]1(C)c1cc(C(C)C)cc(C(C)C)c1. The average molecular weight is 290 g/mol. The summed E-state index contributed by atoms with van der Waals surface area (Å²) in [6, 6.07) is 7.02. The Morgan fingerprint density at radius 2 is 1.57 bits per heavy atom. The summed E-state index contributed by atoms with van der Waals surface area (Å²) in [5.41, 5.74) is 4.23. The first-order valence-electron chi connectivity index (χ1n) is 8.11. The number of hydrogen-bond acceptors (Lipinski definition) is 2. The van der Waals surface area contributed by atoms with E-state index in [0.717, 1.165) is 6.61 Å². The predicted octanol–water partition coefficient (Wildman–Crippen LogP) is 4.08. The molecule has 0 unspecified atom stereocenters. The van der Waals surface area contributed by atoms with Crippen LogP contribution in [0.4, 0.5) is 0 Å². The lowest BCUT2D eigenvalue weighted by Crippen LogP contribution is -2.11. The van der Waals surface area contributed by atoms with Crippen molar-refractivity contribution in [1.82, 2.24) is 0 Å². The molecule has 1 saturated carbocycles. The van der Waals surface area contributed by atoms with Gasteiger partial charge in [-0.1, -0.05) is 52.8 Å². The molecule has 0 spiro atoms. The highest BCUT2D eigenvalue weighted by atomic mass is 16.5. The highest BCUT2D eigenvalue weighted by molar-refractivity contribution is 5.43. The van der Waals surface area contributed by atoms with Crippen molar-refractivity contribution < 1.29 is 9.84 Å². The molecular formula is C19H30O2. The van der Waals surface area contributed by atoms with Gasteiger partial charge < -0.3 is 9.84 Å². The molecule has 0 saturated heterocycles. The molecule has 1 aliphatic rings. The summed E-state index contributed by atoms with van der Waals surface area (Å²) >= 11 is 0. The molecule has 0 radical (unpaired) electrons. The fourth-order valence-corrected chi connectivity index (χ4v) is 3.57. The molecule has 0 aromatic heterocycles. The minimum Gasteiger partial charge on any atom is -0.396 e. The maximum Gasteiger partial charge on any atom is 0.0502 e. The van der Waals surface area contributed by atoms with E-state index in [0.29, 0.717) is 23.7 Å². The highest BCUT2D eigenvalue weighted by Crippen LogP contribution is 2.60. The van der Waals surface area contributed by atoms with Gasteiger partial charge in [-0.25, -0.2) is 0 Å². The van der Waals surface area contributed by atoms with Gasteiger partial charge in [0.15, 0.2) is 0 Å². The average Bonchev–Trinajstić information content (AvgIpc) is 3.03. The number of aliphatic hydroxyl groups is 1. The lowest BCUT2D eigenvalue weighted by Gasteiger charge is -2.19. The van der Waals surface area contributed by atoms with Crippen molar-refractivity contribution in [3.05, 3.63) is 34.9 Å². The van der Waals surface area contributed by atoms with Crippen LogP contribution in [-0.2, 0) is 10.2 Å². The molecule has 0 heterocycles. The van der Waals surface area contributed by atoms with Crippen LogP contribution >= 0.6 is 0 Å². The third-order valence-electron chi connectivity index (χ3n) is 5.39. The van der Waals surface area contributed by atoms with E-state index in [-0.39, 0.29) is 12.0 Å². The van der Waals surface area contributed by atoms with Gasteiger partial charge in [0.25, 0.3) is 0 Å². The zero-order valence-corrected chi connectivity index (χ0v) is 14.3. The highest BCUT2D eigenvalue weighted by Gasteiger charge is 2.61. The molecule has 0 aliphatic heterocycles. The Morgan fingerprint density at radius 1 is 1.05 bits per heavy atom. The third kappa shape index (κ3) is 2.89. The molecule has 2 rings (SSSR count). The molecule has 0 bridgehead atoms. The van der Waals surface area contributed by atoms with E-state index in [1.807, 2.05) is 0 Å². The Balaban J connectivity index is 2.43. The van der Waals surface area contributed by atoms with Crippen LogP contribution in [0.15, 0.2) is 18.2 Å². The first kappa shape index (κ1) is 16.5. The van der Waals surface area contributed by atoms with E-state index < -0.39 is 0 Å². The summed E-state index contributed by atoms with van der Waals surface area (Å²) in [7, 11) is 1.75. The van der Waals surface area contributed by atoms with Crippen LogP contribution < -0.4 is 0 Å². The van der Waals surface area contributed by atoms with Crippen molar-refractivity contribution in [1.29, 1.82) is 0 Å². The summed E-state index contributed by atoms with van der Waals surface area (Å²) in [6.45, 7) is 12.2. The van der Waals surface area contributed by atoms with E-state index in [9.17, 15) is 5.11 Å². The smallest absolute Gasteiger partial charge is 0.0502 e. The topological polar surface area (TPSA) is 29.5 Å². The summed E-state index contributed by atoms with van der Waals surface area (Å²) in [5, 5.41) is 9.70. The summed E-state index contributed by atoms with van der Waals surface area (Å²) in [6.07, 6.45) is 0. The van der Waals surface area contributed by atoms with Crippen molar-refractivity contribution in [2.75, 3.05) is 20.3 Å². The van der Waals surface area contributed by atoms with E-state index >= 15 is 0 Å². The minimum absolute atomic E-state index is 0.0549. The van der Waals surface area contributed by atoms with Crippen LogP contribution in [0.3, 0.4) is 0 Å². The number of rotatable bonds is 6. The standard InChI is InChI=1S/C19H30O2/c1-12(2)14-7-15(13(3)4)9-16(8-14)19(5)17(10-20)18(19)11-21-6/h7-9,12-13,17-18,20H,10-11H2,1-6H3/t17-,18-,19-/m1/s1. The minimum atomic E-state index is 0.0549. The summed E-state index contributed by atoms with van der Waals surface area (Å²) in [5.74, 6) is 1.80. The first-order valence-corrected chi connectivity index (χ1v) is 8.11. The van der Waals surface area contributed by atoms with Gasteiger partial charge in [-0.15, -0.1) is 0 Å². The quantitative estimate of drug-likeness (QED) is 0.855. The van der Waals surface area contributed by atoms with Crippen molar-refractivity contribution in [3.8, 4) is 0 Å². The van der Waals surface area contributed by atoms with E-state index in [2.05, 4.69) is 52.8 Å². The van der Waals surface area contributed by atoms with Crippen LogP contribution in [0.2, 0.25) is 0 Å². The van der Waals surface area contributed by atoms with Crippen LogP contribution in [-0.4, -0.2) is 25.4 Å².